The summed E-state index contributed by atoms with van der Waals surface area (Å²) in [6.07, 6.45) is 0.371. The van der Waals surface area contributed by atoms with Gasteiger partial charge in [0.2, 0.25) is 0 Å². The van der Waals surface area contributed by atoms with Crippen molar-refractivity contribution in [1.82, 2.24) is 4.90 Å². The normalized spacial score (nSPS) is 21.3. The minimum atomic E-state index is -0.492. The largest absolute Gasteiger partial charge is 0.444 e. The number of carbonyl (C=O) groups excluding carboxylic acids is 1. The van der Waals surface area contributed by atoms with E-state index in [1.807, 2.05) is 26.8 Å². The molecule has 2 fully saturated rings. The van der Waals surface area contributed by atoms with Gasteiger partial charge in [-0.25, -0.2) is 4.79 Å². The first kappa shape index (κ1) is 20.2. The number of amides is 1. The zero-order valence-electron chi connectivity index (χ0n) is 16.4. The Labute approximate surface area is 166 Å². The van der Waals surface area contributed by atoms with Crippen LogP contribution in [0.4, 0.5) is 10.5 Å². The Bertz CT molecular complexity index is 656. The quantitative estimate of drug-likeness (QED) is 0.784. The molecule has 1 atom stereocenters. The number of morpholine rings is 2. The molecule has 0 saturated carbocycles. The van der Waals surface area contributed by atoms with E-state index in [0.717, 1.165) is 42.6 Å². The van der Waals surface area contributed by atoms with Crippen molar-refractivity contribution >= 4 is 23.4 Å². The highest BCUT2D eigenvalue weighted by Gasteiger charge is 2.28. The van der Waals surface area contributed by atoms with E-state index in [2.05, 4.69) is 17.0 Å². The van der Waals surface area contributed by atoms with Crippen LogP contribution in [0.2, 0.25) is 5.02 Å². The van der Waals surface area contributed by atoms with Crippen molar-refractivity contribution < 1.29 is 19.0 Å². The number of hydrogen-bond donors (Lipinski definition) is 0. The van der Waals surface area contributed by atoms with E-state index in [-0.39, 0.29) is 12.2 Å². The van der Waals surface area contributed by atoms with Gasteiger partial charge in [0, 0.05) is 26.1 Å². The number of carbonyl (C=O) groups is 1. The number of hydrogen-bond acceptors (Lipinski definition) is 5. The van der Waals surface area contributed by atoms with Crippen LogP contribution in [0.15, 0.2) is 18.2 Å². The van der Waals surface area contributed by atoms with Crippen LogP contribution in [0, 0.1) is 0 Å². The summed E-state index contributed by atoms with van der Waals surface area (Å²) in [4.78, 5) is 16.3. The van der Waals surface area contributed by atoms with Crippen molar-refractivity contribution in [3.05, 3.63) is 28.8 Å². The average molecular weight is 397 g/mol. The molecule has 1 aromatic carbocycles. The van der Waals surface area contributed by atoms with E-state index in [4.69, 9.17) is 25.8 Å². The Morgan fingerprint density at radius 3 is 2.63 bits per heavy atom. The van der Waals surface area contributed by atoms with Gasteiger partial charge in [-0.2, -0.15) is 0 Å². The van der Waals surface area contributed by atoms with Gasteiger partial charge in [-0.3, -0.25) is 0 Å². The van der Waals surface area contributed by atoms with Crippen LogP contribution in [0.1, 0.15) is 26.3 Å². The Balaban J connectivity index is 1.59. The van der Waals surface area contributed by atoms with Gasteiger partial charge in [0.05, 0.1) is 43.2 Å². The first-order chi connectivity index (χ1) is 12.8. The average Bonchev–Trinajstić information content (AvgIpc) is 2.61. The van der Waals surface area contributed by atoms with Crippen molar-refractivity contribution in [1.29, 1.82) is 0 Å². The third-order valence-corrected chi connectivity index (χ3v) is 4.92. The van der Waals surface area contributed by atoms with Crippen LogP contribution in [0.3, 0.4) is 0 Å². The number of halogens is 1. The molecule has 0 N–H and O–H groups in total. The lowest BCUT2D eigenvalue weighted by atomic mass is 10.1. The topological polar surface area (TPSA) is 51.2 Å². The Morgan fingerprint density at radius 2 is 1.96 bits per heavy atom. The molecule has 0 aromatic heterocycles. The van der Waals surface area contributed by atoms with Crippen LogP contribution in [-0.4, -0.2) is 68.7 Å². The lowest BCUT2D eigenvalue weighted by Gasteiger charge is -2.34. The highest BCUT2D eigenvalue weighted by Crippen LogP contribution is 2.28. The minimum Gasteiger partial charge on any atom is -0.444 e. The minimum absolute atomic E-state index is 0.0587. The molecule has 1 amide bonds. The standard InChI is InChI=1S/C20H29ClN2O4/c1-20(2,3)27-19(24)23-8-11-26-16(14-23)12-15-4-5-18(17(21)13-15)22-6-9-25-10-7-22/h4-5,13,16H,6-12,14H2,1-3H3. The van der Waals surface area contributed by atoms with Gasteiger partial charge in [0.1, 0.15) is 5.60 Å². The summed E-state index contributed by atoms with van der Waals surface area (Å²) in [7, 11) is 0. The molecule has 27 heavy (non-hydrogen) atoms. The van der Waals surface area contributed by atoms with Crippen molar-refractivity contribution in [2.75, 3.05) is 50.9 Å². The van der Waals surface area contributed by atoms with Crippen LogP contribution >= 0.6 is 11.6 Å². The first-order valence-electron chi connectivity index (χ1n) is 9.52. The maximum Gasteiger partial charge on any atom is 0.410 e. The monoisotopic (exact) mass is 396 g/mol. The van der Waals surface area contributed by atoms with Crippen molar-refractivity contribution in [2.45, 2.75) is 38.9 Å². The first-order valence-corrected chi connectivity index (χ1v) is 9.90. The van der Waals surface area contributed by atoms with Gasteiger partial charge in [-0.15, -0.1) is 0 Å². The van der Waals surface area contributed by atoms with Crippen molar-refractivity contribution in [3.8, 4) is 0 Å². The summed E-state index contributed by atoms with van der Waals surface area (Å²) >= 11 is 6.52. The zero-order valence-corrected chi connectivity index (χ0v) is 17.1. The van der Waals surface area contributed by atoms with Gasteiger partial charge in [0.15, 0.2) is 0 Å². The summed E-state index contributed by atoms with van der Waals surface area (Å²) in [5.74, 6) is 0. The summed E-state index contributed by atoms with van der Waals surface area (Å²) in [6, 6.07) is 6.16. The molecule has 1 unspecified atom stereocenters. The van der Waals surface area contributed by atoms with Gasteiger partial charge < -0.3 is 24.0 Å². The fraction of sp³-hybridized carbons (Fsp3) is 0.650. The smallest absolute Gasteiger partial charge is 0.410 e. The fourth-order valence-electron chi connectivity index (χ4n) is 3.34. The highest BCUT2D eigenvalue weighted by atomic mass is 35.5. The number of rotatable bonds is 3. The van der Waals surface area contributed by atoms with Crippen molar-refractivity contribution in [3.63, 3.8) is 0 Å². The van der Waals surface area contributed by atoms with E-state index < -0.39 is 5.60 Å². The molecule has 0 aliphatic carbocycles. The van der Waals surface area contributed by atoms with Gasteiger partial charge >= 0.3 is 6.09 Å². The molecule has 0 bridgehead atoms. The second-order valence-electron chi connectivity index (χ2n) is 8.01. The number of nitrogens with zero attached hydrogens (tertiary/aromatic N) is 2. The van der Waals surface area contributed by atoms with Crippen molar-refractivity contribution in [2.24, 2.45) is 0 Å². The molecule has 2 aliphatic heterocycles. The van der Waals surface area contributed by atoms with Gasteiger partial charge in [-0.1, -0.05) is 17.7 Å². The Hall–Kier alpha value is -1.50. The maximum absolute atomic E-state index is 12.3. The third kappa shape index (κ3) is 5.74. The zero-order chi connectivity index (χ0) is 19.4. The second-order valence-corrected chi connectivity index (χ2v) is 8.42. The summed E-state index contributed by atoms with van der Waals surface area (Å²) in [6.45, 7) is 10.4. The van der Waals surface area contributed by atoms with Crippen LogP contribution in [0.5, 0.6) is 0 Å². The van der Waals surface area contributed by atoms with E-state index in [1.54, 1.807) is 4.90 Å². The predicted molar refractivity (Wildman–Crippen MR) is 106 cm³/mol. The molecule has 2 saturated heterocycles. The van der Waals surface area contributed by atoms with E-state index in [0.29, 0.717) is 26.1 Å². The van der Waals surface area contributed by atoms with E-state index in [9.17, 15) is 4.79 Å². The van der Waals surface area contributed by atoms with Crippen LogP contribution < -0.4 is 4.90 Å². The Kier molecular flexibility index (Phi) is 6.50. The molecule has 2 heterocycles. The van der Waals surface area contributed by atoms with Gasteiger partial charge in [0.25, 0.3) is 0 Å². The number of benzene rings is 1. The number of ether oxygens (including phenoxy) is 3. The van der Waals surface area contributed by atoms with Crippen LogP contribution in [-0.2, 0) is 20.6 Å². The molecule has 0 radical (unpaired) electrons. The summed E-state index contributed by atoms with van der Waals surface area (Å²) in [5, 5.41) is 0.745. The van der Waals surface area contributed by atoms with Gasteiger partial charge in [-0.05, 0) is 38.5 Å². The molecular weight excluding hydrogens is 368 g/mol. The molecule has 150 valence electrons. The molecule has 3 rings (SSSR count). The molecule has 7 heteroatoms. The lowest BCUT2D eigenvalue weighted by molar-refractivity contribution is -0.0415. The number of anilines is 1. The third-order valence-electron chi connectivity index (χ3n) is 4.62. The second kappa shape index (κ2) is 8.67. The maximum atomic E-state index is 12.3. The Morgan fingerprint density at radius 1 is 1.22 bits per heavy atom. The van der Waals surface area contributed by atoms with E-state index >= 15 is 0 Å². The van der Waals surface area contributed by atoms with Crippen LogP contribution in [0.25, 0.3) is 0 Å². The molecule has 6 nitrogen and oxygen atoms in total. The molecule has 1 aromatic rings. The summed E-state index contributed by atoms with van der Waals surface area (Å²) in [5.41, 5.74) is 1.66. The SMILES string of the molecule is CC(C)(C)OC(=O)N1CCOC(Cc2ccc(N3CCOCC3)c(Cl)c2)C1. The molecule has 2 aliphatic rings. The fourth-order valence-corrected chi connectivity index (χ4v) is 3.66. The highest BCUT2D eigenvalue weighted by molar-refractivity contribution is 6.33. The lowest BCUT2D eigenvalue weighted by Crippen LogP contribution is -2.48. The molecular formula is C20H29ClN2O4. The summed E-state index contributed by atoms with van der Waals surface area (Å²) < 4.78 is 16.7. The molecule has 0 spiro atoms. The predicted octanol–water partition coefficient (Wildman–Crippen LogP) is 3.36. The van der Waals surface area contributed by atoms with E-state index in [1.165, 1.54) is 0 Å².